The van der Waals surface area contributed by atoms with Gasteiger partial charge in [-0.3, -0.25) is 0 Å². The molecule has 0 radical (unpaired) electrons. The zero-order chi connectivity index (χ0) is 20.9. The molecule has 0 fully saturated rings. The first-order chi connectivity index (χ1) is 14.7. The molecule has 7 nitrogen and oxygen atoms in total. The van der Waals surface area contributed by atoms with E-state index in [9.17, 15) is 4.79 Å². The lowest BCUT2D eigenvalue weighted by molar-refractivity contribution is 0.301. The molecule has 9 heteroatoms. The van der Waals surface area contributed by atoms with Crippen LogP contribution in [0.15, 0.2) is 63.3 Å². The van der Waals surface area contributed by atoms with Gasteiger partial charge >= 0.3 is 5.63 Å². The van der Waals surface area contributed by atoms with Crippen LogP contribution in [0.5, 0.6) is 16.7 Å². The molecule has 2 aromatic heterocycles. The van der Waals surface area contributed by atoms with E-state index in [4.69, 9.17) is 13.9 Å². The summed E-state index contributed by atoms with van der Waals surface area (Å²) in [6.07, 6.45) is 1.67. The third-order valence-corrected chi connectivity index (χ3v) is 5.57. The van der Waals surface area contributed by atoms with E-state index in [1.54, 1.807) is 12.3 Å². The summed E-state index contributed by atoms with van der Waals surface area (Å²) < 4.78 is 23.3. The Morgan fingerprint density at radius 1 is 1.23 bits per heavy atom. The Morgan fingerprint density at radius 3 is 2.90 bits per heavy atom. The Kier molecular flexibility index (Phi) is 6.22. The summed E-state index contributed by atoms with van der Waals surface area (Å²) in [6, 6.07) is 12.9. The lowest BCUT2D eigenvalue weighted by Crippen LogP contribution is -2.13. The first-order valence-corrected chi connectivity index (χ1v) is 10.8. The van der Waals surface area contributed by atoms with Crippen molar-refractivity contribution in [2.75, 3.05) is 11.8 Å². The molecule has 30 heavy (non-hydrogen) atoms. The van der Waals surface area contributed by atoms with Crippen molar-refractivity contribution >= 4 is 40.1 Å². The number of hydrogen-bond acceptors (Lipinski definition) is 9. The monoisotopic (exact) mass is 441 g/mol. The maximum absolute atomic E-state index is 12.6. The summed E-state index contributed by atoms with van der Waals surface area (Å²) in [6.45, 7) is 1.99. The molecular formula is C21H19N3O4S2. The molecule has 0 saturated heterocycles. The number of thiazole rings is 1. The Bertz CT molecular complexity index is 1210. The van der Waals surface area contributed by atoms with Gasteiger partial charge in [0.25, 0.3) is 5.19 Å². The number of hydrogen-bond donors (Lipinski definition) is 2. The molecule has 2 N–H and O–H groups in total. The Labute approximate surface area is 181 Å². The Balaban J connectivity index is 1.58. The van der Waals surface area contributed by atoms with Crippen LogP contribution in [-0.2, 0) is 6.61 Å². The van der Waals surface area contributed by atoms with Gasteiger partial charge in [0.15, 0.2) is 0 Å². The zero-order valence-electron chi connectivity index (χ0n) is 16.3. The Morgan fingerprint density at radius 2 is 2.10 bits per heavy atom. The standard InChI is InChI=1S/C21H19N3O4S2/c1-13-15-8-7-14(27-21-23-9-10-29-21)11-19(15)28-20(25)16(13)12-26-18-6-4-3-5-17(18)24-30-22-2/h3-11,22,24H,12H2,1-2H3. The second kappa shape index (κ2) is 9.21. The van der Waals surface area contributed by atoms with Crippen molar-refractivity contribution in [3.63, 3.8) is 0 Å². The number of rotatable bonds is 8. The number of ether oxygens (including phenoxy) is 2. The van der Waals surface area contributed by atoms with Crippen LogP contribution < -0.4 is 24.5 Å². The van der Waals surface area contributed by atoms with Gasteiger partial charge in [-0.1, -0.05) is 23.5 Å². The zero-order valence-corrected chi connectivity index (χ0v) is 17.9. The smallest absolute Gasteiger partial charge is 0.343 e. The van der Waals surface area contributed by atoms with E-state index in [1.807, 2.05) is 55.7 Å². The van der Waals surface area contributed by atoms with E-state index in [0.717, 1.165) is 16.6 Å². The maximum Gasteiger partial charge on any atom is 0.343 e. The minimum absolute atomic E-state index is 0.102. The fraction of sp³-hybridized carbons (Fsp3) is 0.143. The fourth-order valence-electron chi connectivity index (χ4n) is 2.90. The highest BCUT2D eigenvalue weighted by Crippen LogP contribution is 2.30. The molecule has 2 aromatic carbocycles. The van der Waals surface area contributed by atoms with Gasteiger partial charge in [0.05, 0.1) is 11.3 Å². The molecule has 0 aliphatic carbocycles. The van der Waals surface area contributed by atoms with Gasteiger partial charge in [0, 0.05) is 35.2 Å². The SMILES string of the molecule is CNSNc1ccccc1OCc1c(C)c2ccc(Oc3nccs3)cc2oc1=O. The van der Waals surface area contributed by atoms with Gasteiger partial charge in [-0.25, -0.2) is 14.5 Å². The molecule has 0 aliphatic rings. The van der Waals surface area contributed by atoms with Crippen LogP contribution in [0.25, 0.3) is 11.0 Å². The largest absolute Gasteiger partial charge is 0.486 e. The first-order valence-electron chi connectivity index (χ1n) is 9.10. The van der Waals surface area contributed by atoms with Crippen LogP contribution in [0.2, 0.25) is 0 Å². The van der Waals surface area contributed by atoms with Gasteiger partial charge in [0.1, 0.15) is 23.7 Å². The van der Waals surface area contributed by atoms with Crippen molar-refractivity contribution < 1.29 is 13.9 Å². The molecule has 2 heterocycles. The minimum atomic E-state index is -0.429. The molecule has 0 saturated carbocycles. The predicted molar refractivity (Wildman–Crippen MR) is 120 cm³/mol. The molecule has 4 aromatic rings. The van der Waals surface area contributed by atoms with Gasteiger partial charge in [0.2, 0.25) is 0 Å². The van der Waals surface area contributed by atoms with E-state index >= 15 is 0 Å². The summed E-state index contributed by atoms with van der Waals surface area (Å²) in [7, 11) is 1.82. The van der Waals surface area contributed by atoms with E-state index in [0.29, 0.717) is 27.8 Å². The molecule has 0 aliphatic heterocycles. The van der Waals surface area contributed by atoms with Crippen LogP contribution in [-0.4, -0.2) is 12.0 Å². The number of para-hydroxylation sites is 2. The number of aromatic nitrogens is 1. The van der Waals surface area contributed by atoms with Gasteiger partial charge in [-0.15, -0.1) is 0 Å². The predicted octanol–water partition coefficient (Wildman–Crippen LogP) is 5.12. The van der Waals surface area contributed by atoms with Crippen molar-refractivity contribution in [2.45, 2.75) is 13.5 Å². The normalized spacial score (nSPS) is 10.9. The summed E-state index contributed by atoms with van der Waals surface area (Å²) in [5.41, 5.74) is 2.14. The van der Waals surface area contributed by atoms with E-state index < -0.39 is 5.63 Å². The van der Waals surface area contributed by atoms with Gasteiger partial charge in [-0.05, 0) is 43.8 Å². The first kappa shape index (κ1) is 20.3. The van der Waals surface area contributed by atoms with Crippen LogP contribution in [0.4, 0.5) is 5.69 Å². The van der Waals surface area contributed by atoms with E-state index in [2.05, 4.69) is 14.4 Å². The number of fused-ring (bicyclic) bond motifs is 1. The summed E-state index contributed by atoms with van der Waals surface area (Å²) >= 11 is 2.72. The molecule has 0 atom stereocenters. The molecule has 4 rings (SSSR count). The highest BCUT2D eigenvalue weighted by molar-refractivity contribution is 7.98. The average molecular weight is 442 g/mol. The van der Waals surface area contributed by atoms with Crippen LogP contribution in [0.3, 0.4) is 0 Å². The van der Waals surface area contributed by atoms with E-state index in [1.165, 1.54) is 23.5 Å². The molecule has 0 unspecified atom stereocenters. The highest BCUT2D eigenvalue weighted by atomic mass is 32.2. The highest BCUT2D eigenvalue weighted by Gasteiger charge is 2.14. The van der Waals surface area contributed by atoms with Crippen molar-refractivity contribution in [3.05, 3.63) is 75.6 Å². The summed E-state index contributed by atoms with van der Waals surface area (Å²) in [5, 5.41) is 3.19. The number of nitrogens with one attached hydrogen (secondary N) is 2. The lowest BCUT2D eigenvalue weighted by atomic mass is 10.1. The minimum Gasteiger partial charge on any atom is -0.486 e. The van der Waals surface area contributed by atoms with Crippen molar-refractivity contribution in [1.29, 1.82) is 0 Å². The van der Waals surface area contributed by atoms with Gasteiger partial charge in [-0.2, -0.15) is 0 Å². The Hall–Kier alpha value is -3.01. The van der Waals surface area contributed by atoms with Crippen molar-refractivity contribution in [3.8, 4) is 16.7 Å². The van der Waals surface area contributed by atoms with E-state index in [-0.39, 0.29) is 6.61 Å². The second-order valence-electron chi connectivity index (χ2n) is 6.24. The quantitative estimate of drug-likeness (QED) is 0.288. The van der Waals surface area contributed by atoms with Crippen molar-refractivity contribution in [2.24, 2.45) is 0 Å². The maximum atomic E-state index is 12.6. The molecular weight excluding hydrogens is 422 g/mol. The third-order valence-electron chi connectivity index (χ3n) is 4.40. The van der Waals surface area contributed by atoms with Crippen LogP contribution >= 0.6 is 23.5 Å². The number of anilines is 1. The molecule has 0 spiro atoms. The molecule has 0 amide bonds. The third kappa shape index (κ3) is 4.43. The van der Waals surface area contributed by atoms with Gasteiger partial charge < -0.3 is 18.6 Å². The second-order valence-corrected chi connectivity index (χ2v) is 7.92. The topological polar surface area (TPSA) is 85.6 Å². The fourth-order valence-corrected chi connectivity index (χ4v) is 3.78. The summed E-state index contributed by atoms with van der Waals surface area (Å²) in [4.78, 5) is 16.7. The molecule has 0 bridgehead atoms. The number of nitrogens with zero attached hydrogens (tertiary/aromatic N) is 1. The average Bonchev–Trinajstić information content (AvgIpc) is 3.25. The van der Waals surface area contributed by atoms with Crippen LogP contribution in [0.1, 0.15) is 11.1 Å². The van der Waals surface area contributed by atoms with Crippen LogP contribution in [0, 0.1) is 6.92 Å². The lowest BCUT2D eigenvalue weighted by Gasteiger charge is -2.13. The number of aryl methyl sites for hydroxylation is 1. The summed E-state index contributed by atoms with van der Waals surface area (Å²) in [5.74, 6) is 1.21. The number of benzene rings is 2. The van der Waals surface area contributed by atoms with Crippen molar-refractivity contribution in [1.82, 2.24) is 9.71 Å². The molecule has 154 valence electrons.